The number of pyridine rings is 1. The fourth-order valence-electron chi connectivity index (χ4n) is 3.65. The van der Waals surface area contributed by atoms with Gasteiger partial charge in [-0.25, -0.2) is 4.98 Å². The number of aryl methyl sites for hydroxylation is 1. The highest BCUT2D eigenvalue weighted by Crippen LogP contribution is 2.33. The van der Waals surface area contributed by atoms with E-state index in [2.05, 4.69) is 21.1 Å². The van der Waals surface area contributed by atoms with Gasteiger partial charge in [-0.1, -0.05) is 6.07 Å². The number of nitrogens with zero attached hydrogens (tertiary/aromatic N) is 6. The molecular weight excluding hydrogens is 380 g/mol. The molecule has 30 heavy (non-hydrogen) atoms. The second kappa shape index (κ2) is 7.61. The molecule has 4 rings (SSSR count). The maximum absolute atomic E-state index is 12.7. The fraction of sp³-hybridized carbons (Fsp3) is 0.273. The Labute approximate surface area is 174 Å². The van der Waals surface area contributed by atoms with Crippen LogP contribution in [0.15, 0.2) is 42.7 Å². The molecule has 2 aromatic heterocycles. The Hall–Kier alpha value is -3.70. The van der Waals surface area contributed by atoms with Crippen molar-refractivity contribution in [3.63, 3.8) is 0 Å². The summed E-state index contributed by atoms with van der Waals surface area (Å²) < 4.78 is 1.33. The number of nitriles is 1. The second-order valence-corrected chi connectivity index (χ2v) is 7.63. The van der Waals surface area contributed by atoms with E-state index in [9.17, 15) is 9.90 Å². The zero-order valence-electron chi connectivity index (χ0n) is 17.1. The molecule has 0 spiro atoms. The third-order valence-corrected chi connectivity index (χ3v) is 5.51. The summed E-state index contributed by atoms with van der Waals surface area (Å²) in [7, 11) is 3.83. The average Bonchev–Trinajstić information content (AvgIpc) is 3.11. The topological polar surface area (TPSA) is 98.3 Å². The van der Waals surface area contributed by atoms with Crippen molar-refractivity contribution in [1.82, 2.24) is 24.6 Å². The van der Waals surface area contributed by atoms with E-state index in [1.807, 2.05) is 14.0 Å². The van der Waals surface area contributed by atoms with E-state index in [1.165, 1.54) is 10.9 Å². The fourth-order valence-corrected chi connectivity index (χ4v) is 3.65. The third kappa shape index (κ3) is 3.40. The van der Waals surface area contributed by atoms with Crippen molar-refractivity contribution < 1.29 is 9.90 Å². The molecule has 0 unspecified atom stereocenters. The van der Waals surface area contributed by atoms with Gasteiger partial charge in [-0.2, -0.15) is 15.0 Å². The van der Waals surface area contributed by atoms with Crippen LogP contribution in [0.3, 0.4) is 0 Å². The minimum absolute atomic E-state index is 0.0518. The molecule has 1 aliphatic rings. The molecule has 3 aromatic rings. The van der Waals surface area contributed by atoms with E-state index >= 15 is 0 Å². The second-order valence-electron chi connectivity index (χ2n) is 7.63. The normalized spacial score (nSPS) is 14.2. The van der Waals surface area contributed by atoms with Crippen LogP contribution in [0.4, 0.5) is 0 Å². The molecule has 1 saturated heterocycles. The molecule has 1 aliphatic heterocycles. The number of aromatic hydroxyl groups is 1. The van der Waals surface area contributed by atoms with Crippen molar-refractivity contribution in [3.05, 3.63) is 59.4 Å². The van der Waals surface area contributed by atoms with Crippen LogP contribution in [0.2, 0.25) is 0 Å². The number of rotatable bonds is 4. The Morgan fingerprint density at radius 3 is 2.60 bits per heavy atom. The maximum atomic E-state index is 12.7. The Bertz CT molecular complexity index is 1140. The number of hydrogen-bond donors (Lipinski definition) is 1. The predicted octanol–water partition coefficient (Wildman–Crippen LogP) is 2.21. The molecule has 152 valence electrons. The number of aromatic nitrogens is 3. The van der Waals surface area contributed by atoms with Crippen molar-refractivity contribution >= 4 is 5.91 Å². The lowest BCUT2D eigenvalue weighted by Gasteiger charge is -2.41. The number of carbonyl (C=O) groups excluding carboxylic acids is 1. The summed E-state index contributed by atoms with van der Waals surface area (Å²) >= 11 is 0. The van der Waals surface area contributed by atoms with Crippen molar-refractivity contribution in [1.29, 1.82) is 5.26 Å². The molecule has 8 nitrogen and oxygen atoms in total. The number of hydrogen-bond acceptors (Lipinski definition) is 6. The van der Waals surface area contributed by atoms with Crippen LogP contribution >= 0.6 is 0 Å². The van der Waals surface area contributed by atoms with Gasteiger partial charge in [0.2, 0.25) is 5.88 Å². The molecule has 0 atom stereocenters. The van der Waals surface area contributed by atoms with Crippen molar-refractivity contribution in [3.8, 4) is 28.9 Å². The highest BCUT2D eigenvalue weighted by molar-refractivity contribution is 5.94. The summed E-state index contributed by atoms with van der Waals surface area (Å²) in [6.07, 6.45) is 3.07. The Balaban J connectivity index is 1.57. The van der Waals surface area contributed by atoms with E-state index in [1.54, 1.807) is 48.5 Å². The van der Waals surface area contributed by atoms with Crippen LogP contribution in [-0.2, 0) is 0 Å². The van der Waals surface area contributed by atoms with Gasteiger partial charge in [0.15, 0.2) is 5.82 Å². The minimum Gasteiger partial charge on any atom is -0.493 e. The molecule has 3 heterocycles. The zero-order chi connectivity index (χ0) is 21.4. The Morgan fingerprint density at radius 1 is 1.23 bits per heavy atom. The van der Waals surface area contributed by atoms with Crippen LogP contribution in [0.1, 0.15) is 21.5 Å². The lowest BCUT2D eigenvalue weighted by Crippen LogP contribution is -2.58. The summed E-state index contributed by atoms with van der Waals surface area (Å²) in [5, 5.41) is 24.0. The van der Waals surface area contributed by atoms with Gasteiger partial charge in [-0.05, 0) is 49.4 Å². The molecule has 1 N–H and O–H groups in total. The van der Waals surface area contributed by atoms with Gasteiger partial charge >= 0.3 is 0 Å². The van der Waals surface area contributed by atoms with Crippen LogP contribution in [-0.4, -0.2) is 68.8 Å². The summed E-state index contributed by atoms with van der Waals surface area (Å²) in [5.74, 6) is 0.280. The third-order valence-electron chi connectivity index (χ3n) is 5.51. The SMILES string of the molecule is Cc1cc(C#N)ccc1-c1cnn(-c2ccc(C(=O)N(C)C3CN(C)C3)cn2)c1O. The molecule has 1 amide bonds. The molecule has 8 heteroatoms. The number of likely N-dealkylation sites (tertiary alicyclic amines) is 1. The first kappa shape index (κ1) is 19.6. The molecule has 1 fully saturated rings. The van der Waals surface area contributed by atoms with Gasteiger partial charge in [0.05, 0.1) is 35.0 Å². The lowest BCUT2D eigenvalue weighted by atomic mass is 10.0. The van der Waals surface area contributed by atoms with Crippen molar-refractivity contribution in [2.24, 2.45) is 0 Å². The van der Waals surface area contributed by atoms with Crippen LogP contribution in [0.25, 0.3) is 16.9 Å². The molecule has 0 saturated carbocycles. The van der Waals surface area contributed by atoms with Crippen LogP contribution in [0, 0.1) is 18.3 Å². The van der Waals surface area contributed by atoms with Gasteiger partial charge in [-0.3, -0.25) is 4.79 Å². The summed E-state index contributed by atoms with van der Waals surface area (Å²) in [6, 6.07) is 10.9. The van der Waals surface area contributed by atoms with Crippen LogP contribution in [0.5, 0.6) is 5.88 Å². The predicted molar refractivity (Wildman–Crippen MR) is 111 cm³/mol. The first-order valence-corrected chi connectivity index (χ1v) is 9.59. The monoisotopic (exact) mass is 402 g/mol. The van der Waals surface area contributed by atoms with E-state index in [-0.39, 0.29) is 17.8 Å². The summed E-state index contributed by atoms with van der Waals surface area (Å²) in [4.78, 5) is 20.9. The largest absolute Gasteiger partial charge is 0.493 e. The smallest absolute Gasteiger partial charge is 0.255 e. The summed E-state index contributed by atoms with van der Waals surface area (Å²) in [6.45, 7) is 3.61. The van der Waals surface area contributed by atoms with E-state index in [0.717, 1.165) is 24.2 Å². The first-order valence-electron chi connectivity index (χ1n) is 9.59. The Morgan fingerprint density at radius 2 is 2.00 bits per heavy atom. The van der Waals surface area contributed by atoms with E-state index in [0.29, 0.717) is 22.5 Å². The minimum atomic E-state index is -0.0780. The summed E-state index contributed by atoms with van der Waals surface area (Å²) in [5.41, 5.74) is 3.25. The molecule has 1 aromatic carbocycles. The number of benzene rings is 1. The molecular formula is C22H22N6O2. The highest BCUT2D eigenvalue weighted by atomic mass is 16.3. The van der Waals surface area contributed by atoms with E-state index in [4.69, 9.17) is 5.26 Å². The average molecular weight is 402 g/mol. The number of likely N-dealkylation sites (N-methyl/N-ethyl adjacent to an activating group) is 2. The first-order chi connectivity index (χ1) is 14.4. The molecule has 0 aliphatic carbocycles. The van der Waals surface area contributed by atoms with Gasteiger partial charge in [0.25, 0.3) is 5.91 Å². The van der Waals surface area contributed by atoms with E-state index < -0.39 is 0 Å². The Kier molecular flexibility index (Phi) is 4.98. The lowest BCUT2D eigenvalue weighted by molar-refractivity contribution is 0.0460. The van der Waals surface area contributed by atoms with Crippen molar-refractivity contribution in [2.45, 2.75) is 13.0 Å². The standard InChI is InChI=1S/C22H22N6O2/c1-14-8-15(9-23)4-6-18(14)19-11-25-28(22(19)30)20-7-5-16(10-24-20)21(29)27(3)17-12-26(2)13-17/h4-8,10-11,17,30H,12-13H2,1-3H3. The highest BCUT2D eigenvalue weighted by Gasteiger charge is 2.30. The van der Waals surface area contributed by atoms with Crippen LogP contribution < -0.4 is 0 Å². The number of amides is 1. The molecule has 0 radical (unpaired) electrons. The zero-order valence-corrected chi connectivity index (χ0v) is 17.1. The number of carbonyl (C=O) groups is 1. The van der Waals surface area contributed by atoms with Crippen molar-refractivity contribution in [2.75, 3.05) is 27.2 Å². The maximum Gasteiger partial charge on any atom is 0.255 e. The van der Waals surface area contributed by atoms with Gasteiger partial charge in [0.1, 0.15) is 0 Å². The molecule has 0 bridgehead atoms. The van der Waals surface area contributed by atoms with Gasteiger partial charge in [-0.15, -0.1) is 0 Å². The quantitative estimate of drug-likeness (QED) is 0.718. The van der Waals surface area contributed by atoms with Gasteiger partial charge in [0, 0.05) is 26.3 Å². The van der Waals surface area contributed by atoms with Gasteiger partial charge < -0.3 is 14.9 Å².